The molecule has 0 saturated carbocycles. The molecule has 4 rings (SSSR count). The Morgan fingerprint density at radius 1 is 1.03 bits per heavy atom. The zero-order chi connectivity index (χ0) is 20.2. The van der Waals surface area contributed by atoms with Gasteiger partial charge in [-0.15, -0.1) is 0 Å². The average Bonchev–Trinajstić information content (AvgIpc) is 3.11. The van der Waals surface area contributed by atoms with Crippen LogP contribution in [-0.4, -0.2) is 55.9 Å². The van der Waals surface area contributed by atoms with E-state index < -0.39 is 0 Å². The van der Waals surface area contributed by atoms with Crippen molar-refractivity contribution in [3.8, 4) is 11.5 Å². The van der Waals surface area contributed by atoms with E-state index in [0.717, 1.165) is 33.5 Å². The fourth-order valence-corrected chi connectivity index (χ4v) is 3.84. The molecule has 152 valence electrons. The lowest BCUT2D eigenvalue weighted by molar-refractivity contribution is -0.134. The molecule has 1 fully saturated rings. The summed E-state index contributed by atoms with van der Waals surface area (Å²) in [7, 11) is 3.30. The molecule has 0 radical (unpaired) electrons. The summed E-state index contributed by atoms with van der Waals surface area (Å²) >= 11 is 0. The monoisotopic (exact) mass is 394 g/mol. The third-order valence-electron chi connectivity index (χ3n) is 5.34. The number of ether oxygens (including phenoxy) is 3. The summed E-state index contributed by atoms with van der Waals surface area (Å²) in [4.78, 5) is 14.7. The molecule has 3 aromatic rings. The van der Waals surface area contributed by atoms with Crippen LogP contribution in [0, 0.1) is 0 Å². The highest BCUT2D eigenvalue weighted by Crippen LogP contribution is 2.27. The van der Waals surface area contributed by atoms with Crippen molar-refractivity contribution in [1.29, 1.82) is 0 Å². The number of nitrogens with zero attached hydrogens (tertiary/aromatic N) is 2. The minimum Gasteiger partial charge on any atom is -0.497 e. The van der Waals surface area contributed by atoms with Crippen LogP contribution in [0.5, 0.6) is 11.5 Å². The molecule has 1 aliphatic heterocycles. The maximum Gasteiger partial charge on any atom is 0.227 e. The van der Waals surface area contributed by atoms with Gasteiger partial charge in [0.2, 0.25) is 5.91 Å². The van der Waals surface area contributed by atoms with Crippen LogP contribution in [0.2, 0.25) is 0 Å². The molecular weight excluding hydrogens is 368 g/mol. The zero-order valence-corrected chi connectivity index (χ0v) is 16.9. The molecule has 2 aromatic carbocycles. The molecule has 1 aliphatic rings. The fourth-order valence-electron chi connectivity index (χ4n) is 3.84. The Morgan fingerprint density at radius 2 is 1.72 bits per heavy atom. The number of carbonyl (C=O) groups is 1. The van der Waals surface area contributed by atoms with Crippen molar-refractivity contribution >= 4 is 16.8 Å². The molecular formula is C23H26N2O4. The van der Waals surface area contributed by atoms with E-state index in [1.54, 1.807) is 14.2 Å². The van der Waals surface area contributed by atoms with E-state index in [9.17, 15) is 4.79 Å². The summed E-state index contributed by atoms with van der Waals surface area (Å²) in [6, 6.07) is 14.1. The lowest BCUT2D eigenvalue weighted by Gasteiger charge is -2.26. The van der Waals surface area contributed by atoms with E-state index in [1.165, 1.54) is 0 Å². The van der Waals surface area contributed by atoms with E-state index >= 15 is 0 Å². The molecule has 0 N–H and O–H groups in total. The first-order valence-electron chi connectivity index (χ1n) is 9.82. The van der Waals surface area contributed by atoms with Gasteiger partial charge in [0.05, 0.1) is 33.9 Å². The zero-order valence-electron chi connectivity index (χ0n) is 16.9. The van der Waals surface area contributed by atoms with Gasteiger partial charge in [-0.25, -0.2) is 0 Å². The summed E-state index contributed by atoms with van der Waals surface area (Å²) in [5, 5.41) is 1.11. The summed E-state index contributed by atoms with van der Waals surface area (Å²) in [6.45, 7) is 3.23. The van der Waals surface area contributed by atoms with E-state index in [-0.39, 0.29) is 5.91 Å². The summed E-state index contributed by atoms with van der Waals surface area (Å²) in [5.41, 5.74) is 3.24. The van der Waals surface area contributed by atoms with Crippen molar-refractivity contribution in [1.82, 2.24) is 9.47 Å². The number of methoxy groups -OCH3 is 2. The second kappa shape index (κ2) is 8.57. The quantitative estimate of drug-likeness (QED) is 0.645. The van der Waals surface area contributed by atoms with Gasteiger partial charge >= 0.3 is 0 Å². The van der Waals surface area contributed by atoms with Crippen LogP contribution < -0.4 is 9.47 Å². The van der Waals surface area contributed by atoms with Crippen molar-refractivity contribution in [2.75, 3.05) is 40.5 Å². The fraction of sp³-hybridized carbons (Fsp3) is 0.348. The minimum atomic E-state index is 0.152. The molecule has 6 nitrogen and oxygen atoms in total. The maximum absolute atomic E-state index is 12.8. The highest BCUT2D eigenvalue weighted by Gasteiger charge is 2.19. The van der Waals surface area contributed by atoms with Gasteiger partial charge < -0.3 is 23.7 Å². The summed E-state index contributed by atoms with van der Waals surface area (Å²) in [6.07, 6.45) is 2.49. The molecule has 2 heterocycles. The lowest BCUT2D eigenvalue weighted by atomic mass is 10.1. The van der Waals surface area contributed by atoms with Gasteiger partial charge in [0.25, 0.3) is 0 Å². The van der Waals surface area contributed by atoms with Crippen LogP contribution >= 0.6 is 0 Å². The highest BCUT2D eigenvalue weighted by atomic mass is 16.5. The van der Waals surface area contributed by atoms with Gasteiger partial charge in [0, 0.05) is 42.8 Å². The molecule has 6 heteroatoms. The first-order valence-corrected chi connectivity index (χ1v) is 9.82. The normalized spacial score (nSPS) is 14.2. The Morgan fingerprint density at radius 3 is 2.41 bits per heavy atom. The van der Waals surface area contributed by atoms with Crippen LogP contribution in [0.25, 0.3) is 10.9 Å². The number of fused-ring (bicyclic) bond motifs is 1. The van der Waals surface area contributed by atoms with Gasteiger partial charge in [-0.2, -0.15) is 0 Å². The van der Waals surface area contributed by atoms with E-state index in [2.05, 4.69) is 22.9 Å². The Labute approximate surface area is 170 Å². The Hall–Kier alpha value is -2.99. The van der Waals surface area contributed by atoms with Crippen LogP contribution in [0.3, 0.4) is 0 Å². The Kier molecular flexibility index (Phi) is 5.71. The summed E-state index contributed by atoms with van der Waals surface area (Å²) in [5.74, 6) is 1.68. The smallest absolute Gasteiger partial charge is 0.227 e. The Balaban J connectivity index is 1.63. The number of hydrogen-bond donors (Lipinski definition) is 0. The Bertz CT molecular complexity index is 983. The largest absolute Gasteiger partial charge is 0.497 e. The lowest BCUT2D eigenvalue weighted by Crippen LogP contribution is -2.41. The number of carbonyl (C=O) groups excluding carboxylic acids is 1. The van der Waals surface area contributed by atoms with Crippen LogP contribution in [0.4, 0.5) is 0 Å². The second-order valence-corrected chi connectivity index (χ2v) is 7.19. The first kappa shape index (κ1) is 19.3. The number of rotatable bonds is 6. The molecule has 1 saturated heterocycles. The van der Waals surface area contributed by atoms with Crippen molar-refractivity contribution in [2.24, 2.45) is 0 Å². The maximum atomic E-state index is 12.8. The van der Waals surface area contributed by atoms with Gasteiger partial charge in [-0.1, -0.05) is 18.2 Å². The molecule has 1 amide bonds. The molecule has 0 unspecified atom stereocenters. The van der Waals surface area contributed by atoms with Crippen molar-refractivity contribution < 1.29 is 19.0 Å². The van der Waals surface area contributed by atoms with E-state index in [4.69, 9.17) is 14.2 Å². The van der Waals surface area contributed by atoms with Crippen molar-refractivity contribution in [3.05, 3.63) is 59.8 Å². The average molecular weight is 394 g/mol. The van der Waals surface area contributed by atoms with Crippen LogP contribution in [0.1, 0.15) is 11.1 Å². The standard InChI is InChI=1S/C23H26N2O4/c1-27-19-11-17(12-20(14-19)28-2)15-25-16-18(21-5-3-4-6-22(21)25)13-23(26)24-7-9-29-10-8-24/h3-6,11-12,14,16H,7-10,13,15H2,1-2H3. The minimum absolute atomic E-state index is 0.152. The topological polar surface area (TPSA) is 52.9 Å². The number of benzene rings is 2. The third kappa shape index (κ3) is 4.22. The molecule has 0 aliphatic carbocycles. The molecule has 0 spiro atoms. The van der Waals surface area contributed by atoms with E-state index in [0.29, 0.717) is 39.3 Å². The van der Waals surface area contributed by atoms with Crippen LogP contribution in [0.15, 0.2) is 48.7 Å². The highest BCUT2D eigenvalue weighted by molar-refractivity contribution is 5.89. The summed E-state index contributed by atoms with van der Waals surface area (Å²) < 4.78 is 18.3. The number of hydrogen-bond acceptors (Lipinski definition) is 4. The van der Waals surface area contributed by atoms with Gasteiger partial charge in [0.15, 0.2) is 0 Å². The van der Waals surface area contributed by atoms with Crippen molar-refractivity contribution in [2.45, 2.75) is 13.0 Å². The third-order valence-corrected chi connectivity index (χ3v) is 5.34. The molecule has 0 atom stereocenters. The number of amides is 1. The van der Waals surface area contributed by atoms with Gasteiger partial charge in [0.1, 0.15) is 11.5 Å². The number of morpholine rings is 1. The second-order valence-electron chi connectivity index (χ2n) is 7.19. The van der Waals surface area contributed by atoms with Gasteiger partial charge in [-0.3, -0.25) is 4.79 Å². The molecule has 1 aromatic heterocycles. The predicted molar refractivity (Wildman–Crippen MR) is 112 cm³/mol. The van der Waals surface area contributed by atoms with Crippen LogP contribution in [-0.2, 0) is 22.5 Å². The van der Waals surface area contributed by atoms with E-state index in [1.807, 2.05) is 35.2 Å². The number of aromatic nitrogens is 1. The first-order chi connectivity index (χ1) is 14.2. The molecule has 0 bridgehead atoms. The SMILES string of the molecule is COc1cc(Cn2cc(CC(=O)N3CCOCC3)c3ccccc32)cc(OC)c1. The molecule has 29 heavy (non-hydrogen) atoms. The van der Waals surface area contributed by atoms with Gasteiger partial charge in [-0.05, 0) is 29.3 Å². The van der Waals surface area contributed by atoms with Crippen molar-refractivity contribution in [3.63, 3.8) is 0 Å². The number of para-hydroxylation sites is 1. The predicted octanol–water partition coefficient (Wildman–Crippen LogP) is 3.11.